The van der Waals surface area contributed by atoms with Gasteiger partial charge in [0.15, 0.2) is 0 Å². The van der Waals surface area contributed by atoms with Crippen LogP contribution >= 0.6 is 11.6 Å². The van der Waals surface area contributed by atoms with E-state index in [1.165, 1.54) is 18.5 Å². The van der Waals surface area contributed by atoms with Gasteiger partial charge in [-0.05, 0) is 18.2 Å². The minimum Gasteiger partial charge on any atom is -0.397 e. The normalized spacial score (nSPS) is 10.2. The molecule has 0 unspecified atom stereocenters. The van der Waals surface area contributed by atoms with E-state index in [-0.39, 0.29) is 5.69 Å². The van der Waals surface area contributed by atoms with Crippen LogP contribution in [0.25, 0.3) is 11.1 Å². The van der Waals surface area contributed by atoms with Crippen molar-refractivity contribution in [1.82, 2.24) is 4.98 Å². The van der Waals surface area contributed by atoms with Gasteiger partial charge in [-0.25, -0.2) is 0 Å². The van der Waals surface area contributed by atoms with Gasteiger partial charge in [0.05, 0.1) is 16.2 Å². The molecule has 86 valence electrons. The van der Waals surface area contributed by atoms with Crippen molar-refractivity contribution in [1.29, 1.82) is 0 Å². The zero-order valence-corrected chi connectivity index (χ0v) is 9.39. The number of rotatable bonds is 2. The molecule has 2 aromatic rings. The van der Waals surface area contributed by atoms with Crippen molar-refractivity contribution >= 4 is 23.0 Å². The van der Waals surface area contributed by atoms with Gasteiger partial charge in [-0.1, -0.05) is 11.6 Å². The minimum atomic E-state index is -0.482. The highest BCUT2D eigenvalue weighted by Crippen LogP contribution is 2.32. The average Bonchev–Trinajstić information content (AvgIpc) is 2.28. The van der Waals surface area contributed by atoms with E-state index >= 15 is 0 Å². The first-order valence-electron chi connectivity index (χ1n) is 4.73. The molecule has 17 heavy (non-hydrogen) atoms. The number of hydrogen-bond acceptors (Lipinski definition) is 4. The molecule has 0 saturated carbocycles. The summed E-state index contributed by atoms with van der Waals surface area (Å²) in [6.45, 7) is 0. The van der Waals surface area contributed by atoms with E-state index in [0.29, 0.717) is 21.8 Å². The van der Waals surface area contributed by atoms with Crippen molar-refractivity contribution in [2.75, 3.05) is 5.73 Å². The second-order valence-corrected chi connectivity index (χ2v) is 3.86. The Morgan fingerprint density at radius 3 is 2.71 bits per heavy atom. The molecule has 1 aromatic carbocycles. The van der Waals surface area contributed by atoms with Crippen LogP contribution < -0.4 is 5.73 Å². The van der Waals surface area contributed by atoms with Crippen LogP contribution in [0, 0.1) is 10.1 Å². The number of nitrogens with two attached hydrogens (primary N) is 1. The highest BCUT2D eigenvalue weighted by atomic mass is 35.5. The zero-order chi connectivity index (χ0) is 12.4. The molecule has 6 heteroatoms. The Hall–Kier alpha value is -2.14. The Kier molecular flexibility index (Phi) is 2.93. The maximum absolute atomic E-state index is 10.9. The lowest BCUT2D eigenvalue weighted by Gasteiger charge is -2.04. The van der Waals surface area contributed by atoms with Gasteiger partial charge in [-0.3, -0.25) is 15.1 Å². The Morgan fingerprint density at radius 2 is 2.06 bits per heavy atom. The van der Waals surface area contributed by atoms with E-state index in [4.69, 9.17) is 17.3 Å². The lowest BCUT2D eigenvalue weighted by Crippen LogP contribution is -1.93. The first kappa shape index (κ1) is 11.3. The van der Waals surface area contributed by atoms with Crippen LogP contribution in [0.5, 0.6) is 0 Å². The maximum Gasteiger partial charge on any atom is 0.278 e. The summed E-state index contributed by atoms with van der Waals surface area (Å²) in [5.74, 6) is 0. The highest BCUT2D eigenvalue weighted by molar-refractivity contribution is 6.30. The second kappa shape index (κ2) is 4.39. The Morgan fingerprint density at radius 1 is 1.29 bits per heavy atom. The molecule has 0 aliphatic carbocycles. The lowest BCUT2D eigenvalue weighted by molar-refractivity contribution is -0.384. The molecule has 0 spiro atoms. The van der Waals surface area contributed by atoms with Crippen LogP contribution in [-0.2, 0) is 0 Å². The predicted octanol–water partition coefficient (Wildman–Crippen LogP) is 2.89. The van der Waals surface area contributed by atoms with E-state index in [1.807, 2.05) is 0 Å². The van der Waals surface area contributed by atoms with Crippen LogP contribution in [-0.4, -0.2) is 9.91 Å². The molecule has 1 aromatic heterocycles. The van der Waals surface area contributed by atoms with E-state index in [2.05, 4.69) is 4.98 Å². The lowest BCUT2D eigenvalue weighted by atomic mass is 10.1. The number of nitrogen functional groups attached to an aromatic ring is 1. The summed E-state index contributed by atoms with van der Waals surface area (Å²) in [7, 11) is 0. The van der Waals surface area contributed by atoms with Crippen LogP contribution in [0.4, 0.5) is 11.4 Å². The van der Waals surface area contributed by atoms with Crippen molar-refractivity contribution in [3.05, 3.63) is 51.8 Å². The highest BCUT2D eigenvalue weighted by Gasteiger charge is 2.16. The summed E-state index contributed by atoms with van der Waals surface area (Å²) in [6, 6.07) is 6.10. The van der Waals surface area contributed by atoms with Crippen LogP contribution in [0.3, 0.4) is 0 Å². The van der Waals surface area contributed by atoms with E-state index in [1.54, 1.807) is 18.2 Å². The van der Waals surface area contributed by atoms with Crippen LogP contribution in [0.15, 0.2) is 36.7 Å². The second-order valence-electron chi connectivity index (χ2n) is 3.43. The molecule has 5 nitrogen and oxygen atoms in total. The van der Waals surface area contributed by atoms with Gasteiger partial charge in [0.1, 0.15) is 0 Å². The Labute approximate surface area is 102 Å². The molecule has 2 N–H and O–H groups in total. The number of halogens is 1. The number of benzene rings is 1. The third kappa shape index (κ3) is 2.34. The van der Waals surface area contributed by atoms with Crippen molar-refractivity contribution in [3.8, 4) is 11.1 Å². The predicted molar refractivity (Wildman–Crippen MR) is 65.7 cm³/mol. The number of nitro benzene ring substituents is 1. The summed E-state index contributed by atoms with van der Waals surface area (Å²) < 4.78 is 0. The minimum absolute atomic E-state index is 0.0649. The first-order valence-corrected chi connectivity index (χ1v) is 5.10. The van der Waals surface area contributed by atoms with Crippen molar-refractivity contribution in [3.63, 3.8) is 0 Å². The summed E-state index contributed by atoms with van der Waals surface area (Å²) in [5.41, 5.74) is 7.01. The third-order valence-corrected chi connectivity index (χ3v) is 2.46. The molecule has 0 radical (unpaired) electrons. The zero-order valence-electron chi connectivity index (χ0n) is 8.63. The Bertz CT molecular complexity index is 587. The number of hydrogen-bond donors (Lipinski definition) is 1. The summed E-state index contributed by atoms with van der Waals surface area (Å²) in [5, 5.41) is 11.2. The van der Waals surface area contributed by atoms with Crippen LogP contribution in [0.1, 0.15) is 0 Å². The fourth-order valence-electron chi connectivity index (χ4n) is 1.50. The number of nitrogens with zero attached hydrogens (tertiary/aromatic N) is 2. The van der Waals surface area contributed by atoms with Crippen molar-refractivity contribution < 1.29 is 4.92 Å². The van der Waals surface area contributed by atoms with Gasteiger partial charge in [-0.15, -0.1) is 0 Å². The number of nitro groups is 1. The third-order valence-electron chi connectivity index (χ3n) is 2.23. The summed E-state index contributed by atoms with van der Waals surface area (Å²) in [4.78, 5) is 14.3. The van der Waals surface area contributed by atoms with Gasteiger partial charge in [-0.2, -0.15) is 0 Å². The largest absolute Gasteiger partial charge is 0.397 e. The molecule has 2 rings (SSSR count). The monoisotopic (exact) mass is 249 g/mol. The van der Waals surface area contributed by atoms with Gasteiger partial charge < -0.3 is 5.73 Å². The maximum atomic E-state index is 10.9. The quantitative estimate of drug-likeness (QED) is 0.655. The van der Waals surface area contributed by atoms with E-state index in [9.17, 15) is 10.1 Å². The van der Waals surface area contributed by atoms with Crippen molar-refractivity contribution in [2.45, 2.75) is 0 Å². The molecule has 1 heterocycles. The van der Waals surface area contributed by atoms with Gasteiger partial charge in [0.25, 0.3) is 5.69 Å². The smallest absolute Gasteiger partial charge is 0.278 e. The average molecular weight is 250 g/mol. The van der Waals surface area contributed by atoms with Crippen LogP contribution in [0.2, 0.25) is 5.02 Å². The molecule has 0 amide bonds. The molecule has 0 aliphatic heterocycles. The summed E-state index contributed by atoms with van der Waals surface area (Å²) in [6.07, 6.45) is 3.00. The summed E-state index contributed by atoms with van der Waals surface area (Å²) >= 11 is 5.73. The fraction of sp³-hybridized carbons (Fsp3) is 0. The topological polar surface area (TPSA) is 82.0 Å². The molecular formula is C11H8ClN3O2. The standard InChI is InChI=1S/C11H8ClN3O2/c12-8-1-2-10(11(4-8)15(16)17)7-3-9(13)6-14-5-7/h1-6H,13H2. The molecule has 0 aliphatic rings. The van der Waals surface area contributed by atoms with E-state index in [0.717, 1.165) is 0 Å². The first-order chi connectivity index (χ1) is 8.08. The molecule has 0 bridgehead atoms. The van der Waals surface area contributed by atoms with Gasteiger partial charge in [0, 0.05) is 29.0 Å². The fourth-order valence-corrected chi connectivity index (χ4v) is 1.67. The van der Waals surface area contributed by atoms with Crippen molar-refractivity contribution in [2.24, 2.45) is 0 Å². The molecule has 0 saturated heterocycles. The van der Waals surface area contributed by atoms with Gasteiger partial charge >= 0.3 is 0 Å². The number of pyridine rings is 1. The SMILES string of the molecule is Nc1cncc(-c2ccc(Cl)cc2[N+](=O)[O-])c1. The molecule has 0 atom stereocenters. The van der Waals surface area contributed by atoms with E-state index < -0.39 is 4.92 Å². The molecular weight excluding hydrogens is 242 g/mol. The van der Waals surface area contributed by atoms with Gasteiger partial charge in [0.2, 0.25) is 0 Å². The molecule has 0 fully saturated rings. The Balaban J connectivity index is 2.63. The number of aromatic nitrogens is 1. The number of anilines is 1.